The summed E-state index contributed by atoms with van der Waals surface area (Å²) in [5.41, 5.74) is 0. The first-order valence-electron chi connectivity index (χ1n) is 25.0. The van der Waals surface area contributed by atoms with Crippen molar-refractivity contribution in [1.29, 1.82) is 0 Å². The van der Waals surface area contributed by atoms with Crippen molar-refractivity contribution >= 4 is 17.9 Å². The lowest BCUT2D eigenvalue weighted by Gasteiger charge is -2.18. The van der Waals surface area contributed by atoms with Crippen LogP contribution in [0.3, 0.4) is 0 Å². The quantitative estimate of drug-likeness (QED) is 0.0200. The van der Waals surface area contributed by atoms with E-state index in [1.165, 1.54) is 6.42 Å². The van der Waals surface area contributed by atoms with Crippen LogP contribution in [-0.2, 0) is 28.6 Å². The third-order valence-electron chi connectivity index (χ3n) is 9.43. The van der Waals surface area contributed by atoms with E-state index in [9.17, 15) is 14.4 Å². The average Bonchev–Trinajstić information content (AvgIpc) is 3.31. The van der Waals surface area contributed by atoms with Gasteiger partial charge in [-0.2, -0.15) is 0 Å². The van der Waals surface area contributed by atoms with Crippen molar-refractivity contribution in [2.24, 2.45) is 0 Å². The molecule has 0 saturated carbocycles. The number of esters is 3. The number of rotatable bonds is 41. The van der Waals surface area contributed by atoms with E-state index in [-0.39, 0.29) is 50.4 Å². The highest BCUT2D eigenvalue weighted by Gasteiger charge is 2.19. The maximum absolute atomic E-state index is 12.8. The molecule has 0 aliphatic carbocycles. The van der Waals surface area contributed by atoms with Crippen molar-refractivity contribution in [3.05, 3.63) is 182 Å². The number of carbonyl (C=O) groups excluding carboxylic acids is 3. The van der Waals surface area contributed by atoms with Crippen molar-refractivity contribution in [2.75, 3.05) is 13.2 Å². The normalized spacial score (nSPS) is 13.7. The van der Waals surface area contributed by atoms with Crippen LogP contribution in [-0.4, -0.2) is 37.2 Å². The monoisotopic (exact) mass is 903 g/mol. The highest BCUT2D eigenvalue weighted by molar-refractivity contribution is 5.71. The molecule has 1 atom stereocenters. The van der Waals surface area contributed by atoms with Gasteiger partial charge in [-0.3, -0.25) is 14.4 Å². The molecule has 0 spiro atoms. The molecule has 0 bridgehead atoms. The highest BCUT2D eigenvalue weighted by Crippen LogP contribution is 2.11. The van der Waals surface area contributed by atoms with Gasteiger partial charge in [-0.1, -0.05) is 235 Å². The molecule has 0 heterocycles. The van der Waals surface area contributed by atoms with Crippen LogP contribution >= 0.6 is 0 Å². The zero-order chi connectivity index (χ0) is 47.9. The van der Waals surface area contributed by atoms with Crippen molar-refractivity contribution in [3.8, 4) is 0 Å². The third-order valence-corrected chi connectivity index (χ3v) is 9.43. The molecule has 6 heteroatoms. The molecule has 6 nitrogen and oxygen atoms in total. The maximum Gasteiger partial charge on any atom is 0.306 e. The van der Waals surface area contributed by atoms with E-state index in [0.29, 0.717) is 19.3 Å². The van der Waals surface area contributed by atoms with Gasteiger partial charge in [0.25, 0.3) is 0 Å². The fourth-order valence-electron chi connectivity index (χ4n) is 5.77. The number of allylic oxidation sites excluding steroid dienone is 30. The van der Waals surface area contributed by atoms with Gasteiger partial charge in [0, 0.05) is 19.3 Å². The largest absolute Gasteiger partial charge is 0.462 e. The Hall–Kier alpha value is -5.49. The minimum absolute atomic E-state index is 0.139. The van der Waals surface area contributed by atoms with E-state index in [2.05, 4.69) is 93.7 Å². The van der Waals surface area contributed by atoms with Crippen molar-refractivity contribution in [3.63, 3.8) is 0 Å². The summed E-state index contributed by atoms with van der Waals surface area (Å²) in [5, 5.41) is 0. The van der Waals surface area contributed by atoms with Gasteiger partial charge in [0.2, 0.25) is 0 Å². The molecule has 362 valence electrons. The Bertz CT molecular complexity index is 1650. The van der Waals surface area contributed by atoms with Gasteiger partial charge in [-0.05, 0) is 83.5 Å². The summed E-state index contributed by atoms with van der Waals surface area (Å²) in [4.78, 5) is 37.9. The van der Waals surface area contributed by atoms with Crippen LogP contribution in [0.4, 0.5) is 0 Å². The van der Waals surface area contributed by atoms with E-state index in [4.69, 9.17) is 14.2 Å². The van der Waals surface area contributed by atoms with Gasteiger partial charge in [-0.15, -0.1) is 0 Å². The summed E-state index contributed by atoms with van der Waals surface area (Å²) >= 11 is 0. The van der Waals surface area contributed by atoms with Crippen LogP contribution in [0.15, 0.2) is 182 Å². The zero-order valence-corrected chi connectivity index (χ0v) is 41.1. The predicted molar refractivity (Wildman–Crippen MR) is 283 cm³/mol. The smallest absolute Gasteiger partial charge is 0.306 e. The molecule has 0 aromatic carbocycles. The number of unbranched alkanes of at least 4 members (excludes halogenated alkanes) is 10. The molecule has 1 unspecified atom stereocenters. The van der Waals surface area contributed by atoms with Crippen LogP contribution < -0.4 is 0 Å². The lowest BCUT2D eigenvalue weighted by Crippen LogP contribution is -2.30. The fraction of sp³-hybridized carbons (Fsp3) is 0.450. The Morgan fingerprint density at radius 2 is 0.682 bits per heavy atom. The molecule has 0 fully saturated rings. The number of ether oxygens (including phenoxy) is 3. The van der Waals surface area contributed by atoms with Crippen LogP contribution in [0.2, 0.25) is 0 Å². The summed E-state index contributed by atoms with van der Waals surface area (Å²) in [6.45, 7) is 6.13. The van der Waals surface area contributed by atoms with Gasteiger partial charge in [0.05, 0.1) is 0 Å². The topological polar surface area (TPSA) is 78.9 Å². The SMILES string of the molecule is CC\C=C/C=C\C=C/C=C\C=C\C=C/C=C\CCCCCC(=O)OCC(COC(=O)CCC/C=C\C/C=C\C/C=C\CC)OC(=O)CCCCCCC\C=C/C=C\C=C/C=C\C=C/CCC. The fourth-order valence-corrected chi connectivity index (χ4v) is 5.77. The second kappa shape index (κ2) is 52.1. The summed E-state index contributed by atoms with van der Waals surface area (Å²) in [5.74, 6) is -1.08. The summed E-state index contributed by atoms with van der Waals surface area (Å²) in [6.07, 6.45) is 78.7. The van der Waals surface area contributed by atoms with Crippen molar-refractivity contribution in [2.45, 2.75) is 162 Å². The number of hydrogen-bond donors (Lipinski definition) is 0. The molecule has 0 aromatic heterocycles. The molecule has 0 aromatic rings. The van der Waals surface area contributed by atoms with Gasteiger partial charge < -0.3 is 14.2 Å². The standard InChI is InChI=1S/C60H86O6/c1-4-7-10-13-16-19-22-24-26-28-30-32-33-35-38-41-44-47-50-53-59(62)65-56-57(55-64-58(61)52-49-46-43-40-37-21-18-15-12-9-6-3)66-60(63)54-51-48-45-42-39-36-34-31-29-27-25-23-20-17-14-11-8-5-2/h7,9-14,16-35,38,40,43,57H,4-6,8,15,36-37,39,41-42,44-56H2,1-3H3/b10-7-,12-9-,14-11-,16-13-,20-17-,21-18-,22-19-,25-23-,26-24-,29-27-,30-28+,33-32-,34-31-,38-35-,43-40-. The summed E-state index contributed by atoms with van der Waals surface area (Å²) in [6, 6.07) is 0. The highest BCUT2D eigenvalue weighted by atomic mass is 16.6. The molecule has 0 aliphatic rings. The zero-order valence-electron chi connectivity index (χ0n) is 41.1. The Kier molecular flexibility index (Phi) is 47.8. The second-order valence-electron chi connectivity index (χ2n) is 15.6. The van der Waals surface area contributed by atoms with E-state index < -0.39 is 6.10 Å². The van der Waals surface area contributed by atoms with Crippen LogP contribution in [0.5, 0.6) is 0 Å². The molecule has 0 aliphatic heterocycles. The molecular formula is C60H86O6. The van der Waals surface area contributed by atoms with Crippen molar-refractivity contribution < 1.29 is 28.6 Å². The average molecular weight is 903 g/mol. The van der Waals surface area contributed by atoms with Crippen LogP contribution in [0.1, 0.15) is 156 Å². The second-order valence-corrected chi connectivity index (χ2v) is 15.6. The minimum atomic E-state index is -0.842. The Morgan fingerprint density at radius 3 is 1.17 bits per heavy atom. The summed E-state index contributed by atoms with van der Waals surface area (Å²) in [7, 11) is 0. The van der Waals surface area contributed by atoms with E-state index in [1.54, 1.807) is 0 Å². The first-order chi connectivity index (χ1) is 32.5. The lowest BCUT2D eigenvalue weighted by atomic mass is 10.1. The first-order valence-corrected chi connectivity index (χ1v) is 25.0. The van der Waals surface area contributed by atoms with E-state index >= 15 is 0 Å². The van der Waals surface area contributed by atoms with Gasteiger partial charge in [0.1, 0.15) is 13.2 Å². The molecule has 66 heavy (non-hydrogen) atoms. The maximum atomic E-state index is 12.8. The van der Waals surface area contributed by atoms with Gasteiger partial charge in [0.15, 0.2) is 6.10 Å². The molecule has 0 rings (SSSR count). The molecular weight excluding hydrogens is 817 g/mol. The molecule has 0 N–H and O–H groups in total. The molecule has 0 amide bonds. The van der Waals surface area contributed by atoms with E-state index in [1.807, 2.05) is 109 Å². The van der Waals surface area contributed by atoms with Crippen LogP contribution in [0.25, 0.3) is 0 Å². The number of carbonyl (C=O) groups is 3. The lowest BCUT2D eigenvalue weighted by molar-refractivity contribution is -0.167. The van der Waals surface area contributed by atoms with Crippen molar-refractivity contribution in [1.82, 2.24) is 0 Å². The molecule has 0 radical (unpaired) electrons. The number of hydrogen-bond acceptors (Lipinski definition) is 6. The Balaban J connectivity index is 4.64. The van der Waals surface area contributed by atoms with Gasteiger partial charge in [-0.25, -0.2) is 0 Å². The molecule has 0 saturated heterocycles. The predicted octanol–water partition coefficient (Wildman–Crippen LogP) is 16.6. The van der Waals surface area contributed by atoms with Gasteiger partial charge >= 0.3 is 17.9 Å². The Morgan fingerprint density at radius 1 is 0.333 bits per heavy atom. The van der Waals surface area contributed by atoms with E-state index in [0.717, 1.165) is 89.9 Å². The van der Waals surface area contributed by atoms with Crippen LogP contribution in [0, 0.1) is 0 Å². The first kappa shape index (κ1) is 60.5. The minimum Gasteiger partial charge on any atom is -0.462 e. The third kappa shape index (κ3) is 49.5. The Labute approximate surface area is 402 Å². The summed E-state index contributed by atoms with van der Waals surface area (Å²) < 4.78 is 16.7.